The highest BCUT2D eigenvalue weighted by Crippen LogP contribution is 2.49. The van der Waals surface area contributed by atoms with Gasteiger partial charge in [0, 0.05) is 70.9 Å². The van der Waals surface area contributed by atoms with Crippen molar-refractivity contribution in [3.63, 3.8) is 0 Å². The molecule has 0 spiro atoms. The van der Waals surface area contributed by atoms with Crippen molar-refractivity contribution in [2.24, 2.45) is 0 Å². The van der Waals surface area contributed by atoms with Crippen molar-refractivity contribution in [2.45, 2.75) is 98.3 Å². The summed E-state index contributed by atoms with van der Waals surface area (Å²) in [4.78, 5) is 2.42. The van der Waals surface area contributed by atoms with E-state index in [0.717, 1.165) is 39.0 Å². The lowest BCUT2D eigenvalue weighted by atomic mass is 9.84. The second kappa shape index (κ2) is 13.3. The monoisotopic (exact) mass is 871 g/mol. The van der Waals surface area contributed by atoms with Crippen LogP contribution in [0.1, 0.15) is 104 Å². The number of rotatable bonds is 4. The van der Waals surface area contributed by atoms with Crippen LogP contribution < -0.4 is 4.90 Å². The van der Waals surface area contributed by atoms with Crippen molar-refractivity contribution in [2.75, 3.05) is 4.90 Å². The molecule has 5 aromatic heterocycles. The van der Waals surface area contributed by atoms with Crippen LogP contribution >= 0.6 is 0 Å². The van der Waals surface area contributed by atoms with E-state index in [1.54, 1.807) is 0 Å². The predicted octanol–water partition coefficient (Wildman–Crippen LogP) is 18.4. The summed E-state index contributed by atoms with van der Waals surface area (Å²) in [7, 11) is 0. The van der Waals surface area contributed by atoms with Gasteiger partial charge in [-0.1, -0.05) is 119 Å². The Bertz CT molecular complexity index is 4170. The van der Waals surface area contributed by atoms with Gasteiger partial charge in [-0.05, 0) is 141 Å². The minimum Gasteiger partial charge on any atom is -0.456 e. The average Bonchev–Trinajstić information content (AvgIpc) is 4.08. The number of furan rings is 1. The second-order valence-corrected chi connectivity index (χ2v) is 22.9. The van der Waals surface area contributed by atoms with Crippen molar-refractivity contribution in [1.82, 2.24) is 8.80 Å². The first kappa shape index (κ1) is 40.3. The van der Waals surface area contributed by atoms with Gasteiger partial charge >= 0.3 is 0 Å². The quantitative estimate of drug-likeness (QED) is 0.176. The van der Waals surface area contributed by atoms with Gasteiger partial charge in [0.1, 0.15) is 11.2 Å². The van der Waals surface area contributed by atoms with Crippen LogP contribution in [-0.2, 0) is 16.2 Å². The Hall–Kier alpha value is -7.04. The van der Waals surface area contributed by atoms with Crippen molar-refractivity contribution in [3.05, 3.63) is 162 Å². The van der Waals surface area contributed by atoms with Gasteiger partial charge in [0.05, 0.1) is 33.1 Å². The Balaban J connectivity index is 1.13. The summed E-state index contributed by atoms with van der Waals surface area (Å²) in [5.74, 6) is 0.439. The first-order chi connectivity index (χ1) is 31.9. The van der Waals surface area contributed by atoms with Crippen LogP contribution in [0.25, 0.3) is 98.1 Å². The number of fused-ring (bicyclic) bond motifs is 15. The largest absolute Gasteiger partial charge is 0.456 e. The van der Waals surface area contributed by atoms with Gasteiger partial charge in [-0.2, -0.15) is 0 Å². The van der Waals surface area contributed by atoms with E-state index in [2.05, 4.69) is 223 Å². The summed E-state index contributed by atoms with van der Waals surface area (Å²) in [5, 5.41) is 12.7. The standard InChI is InChI=1S/C63H57N3O/c1-35(2)36-16-19-40(20-17-36)64(41-22-25-58-48(31-41)44-14-12-13-15-57(44)67-58)42-21-23-43-49-27-38(62(6,7)8)29-51-47-33-55-46(34-56(47)66(59(49)51)54(43)32-42)52-30-39(63(9,10)11)28-50-45-26-37(61(3,4)5)18-24-53(45)65(55)60(50)52/h12-35H,1-11H3. The maximum absolute atomic E-state index is 6.34. The highest BCUT2D eigenvalue weighted by molar-refractivity contribution is 6.29. The Labute approximate surface area is 391 Å². The van der Waals surface area contributed by atoms with Crippen LogP contribution in [0.15, 0.2) is 144 Å². The van der Waals surface area contributed by atoms with Crippen molar-refractivity contribution in [3.8, 4) is 0 Å². The maximum atomic E-state index is 6.34. The SMILES string of the molecule is CC(C)c1ccc(N(c2ccc3oc4ccccc4c3c2)c2ccc3c4cc(C(C)(C)C)cc5c6cc7c(cc6n(c3c2)c45)c2cc(C(C)(C)C)cc3c4cc(C(C)(C)C)ccc4n7c32)cc1. The highest BCUT2D eigenvalue weighted by atomic mass is 16.3. The summed E-state index contributed by atoms with van der Waals surface area (Å²) in [5.41, 5.74) is 18.1. The van der Waals surface area contributed by atoms with E-state index < -0.39 is 0 Å². The summed E-state index contributed by atoms with van der Waals surface area (Å²) >= 11 is 0. The van der Waals surface area contributed by atoms with Crippen LogP contribution in [-0.4, -0.2) is 8.80 Å². The van der Waals surface area contributed by atoms with E-state index >= 15 is 0 Å². The molecule has 0 saturated carbocycles. The Morgan fingerprint density at radius 3 is 1.45 bits per heavy atom. The fraction of sp³-hybridized carbons (Fsp3) is 0.238. The van der Waals surface area contributed by atoms with Crippen LogP contribution in [0.4, 0.5) is 17.1 Å². The molecule has 0 fully saturated rings. The average molecular weight is 872 g/mol. The van der Waals surface area contributed by atoms with Gasteiger partial charge in [-0.25, -0.2) is 0 Å². The predicted molar refractivity (Wildman–Crippen MR) is 288 cm³/mol. The molecule has 67 heavy (non-hydrogen) atoms. The Morgan fingerprint density at radius 1 is 0.373 bits per heavy atom. The number of aromatic nitrogens is 2. The van der Waals surface area contributed by atoms with Crippen LogP contribution in [0, 0.1) is 0 Å². The van der Waals surface area contributed by atoms with Gasteiger partial charge in [-0.15, -0.1) is 0 Å². The third-order valence-electron chi connectivity index (χ3n) is 15.2. The zero-order chi connectivity index (χ0) is 46.2. The lowest BCUT2D eigenvalue weighted by molar-refractivity contribution is 0.590. The fourth-order valence-corrected chi connectivity index (χ4v) is 11.4. The zero-order valence-corrected chi connectivity index (χ0v) is 40.6. The molecule has 0 aliphatic rings. The van der Waals surface area contributed by atoms with Gasteiger partial charge in [0.25, 0.3) is 0 Å². The Morgan fingerprint density at radius 2 is 0.851 bits per heavy atom. The Kier molecular flexibility index (Phi) is 8.00. The summed E-state index contributed by atoms with van der Waals surface area (Å²) in [6, 6.07) is 53.5. The molecule has 0 atom stereocenters. The van der Waals surface area contributed by atoms with E-state index in [1.807, 2.05) is 6.07 Å². The number of para-hydroxylation sites is 1. The normalized spacial score (nSPS) is 13.4. The maximum Gasteiger partial charge on any atom is 0.135 e. The second-order valence-electron chi connectivity index (χ2n) is 22.9. The first-order valence-electron chi connectivity index (χ1n) is 24.2. The molecular formula is C63H57N3O. The molecule has 0 radical (unpaired) electrons. The molecule has 13 rings (SSSR count). The molecule has 0 bridgehead atoms. The molecule has 0 aliphatic heterocycles. The van der Waals surface area contributed by atoms with Crippen LogP contribution in [0.3, 0.4) is 0 Å². The van der Waals surface area contributed by atoms with Crippen molar-refractivity contribution >= 4 is 115 Å². The third-order valence-corrected chi connectivity index (χ3v) is 15.2. The first-order valence-corrected chi connectivity index (χ1v) is 24.2. The topological polar surface area (TPSA) is 25.2 Å². The van der Waals surface area contributed by atoms with E-state index in [-0.39, 0.29) is 16.2 Å². The summed E-state index contributed by atoms with van der Waals surface area (Å²) in [6.45, 7) is 25.6. The molecule has 330 valence electrons. The summed E-state index contributed by atoms with van der Waals surface area (Å²) < 4.78 is 11.5. The zero-order valence-electron chi connectivity index (χ0n) is 40.6. The van der Waals surface area contributed by atoms with Gasteiger partial charge in [-0.3, -0.25) is 0 Å². The minimum atomic E-state index is -0.0411. The van der Waals surface area contributed by atoms with Crippen molar-refractivity contribution < 1.29 is 4.42 Å². The molecule has 0 unspecified atom stereocenters. The molecular weight excluding hydrogens is 815 g/mol. The number of hydrogen-bond acceptors (Lipinski definition) is 2. The molecule has 4 heteroatoms. The van der Waals surface area contributed by atoms with Crippen LogP contribution in [0.5, 0.6) is 0 Å². The number of anilines is 3. The summed E-state index contributed by atoms with van der Waals surface area (Å²) in [6.07, 6.45) is 0. The van der Waals surface area contributed by atoms with E-state index in [1.165, 1.54) is 98.4 Å². The molecule has 0 N–H and O–H groups in total. The van der Waals surface area contributed by atoms with Gasteiger partial charge < -0.3 is 18.1 Å². The third kappa shape index (κ3) is 5.71. The smallest absolute Gasteiger partial charge is 0.135 e. The number of hydrogen-bond donors (Lipinski definition) is 0. The molecule has 0 amide bonds. The van der Waals surface area contributed by atoms with Crippen molar-refractivity contribution in [1.29, 1.82) is 0 Å². The highest BCUT2D eigenvalue weighted by Gasteiger charge is 2.28. The lowest BCUT2D eigenvalue weighted by Crippen LogP contribution is -2.11. The molecule has 0 saturated heterocycles. The van der Waals surface area contributed by atoms with Gasteiger partial charge in [0.15, 0.2) is 0 Å². The number of benzene rings is 8. The number of nitrogens with zero attached hydrogens (tertiary/aromatic N) is 3. The molecule has 4 nitrogen and oxygen atoms in total. The minimum absolute atomic E-state index is 0.0186. The van der Waals surface area contributed by atoms with Crippen LogP contribution in [0.2, 0.25) is 0 Å². The molecule has 13 aromatic rings. The van der Waals surface area contributed by atoms with E-state index in [0.29, 0.717) is 5.92 Å². The van der Waals surface area contributed by atoms with Gasteiger partial charge in [0.2, 0.25) is 0 Å². The molecule has 8 aromatic carbocycles. The molecule has 5 heterocycles. The van der Waals surface area contributed by atoms with E-state index in [4.69, 9.17) is 4.42 Å². The molecule has 0 aliphatic carbocycles. The lowest BCUT2D eigenvalue weighted by Gasteiger charge is -2.26. The fourth-order valence-electron chi connectivity index (χ4n) is 11.4. The van der Waals surface area contributed by atoms with E-state index in [9.17, 15) is 0 Å².